The van der Waals surface area contributed by atoms with Crippen molar-refractivity contribution in [1.82, 2.24) is 4.31 Å². The third kappa shape index (κ3) is 3.06. The van der Waals surface area contributed by atoms with Gasteiger partial charge in [0.1, 0.15) is 0 Å². The molecule has 1 aliphatic rings. The molecule has 0 spiro atoms. The SMILES string of the molecule is CC(C#N)S(=O)(=O)N(Cc1cccc(N)c1)C1CC1. The van der Waals surface area contributed by atoms with E-state index in [0.29, 0.717) is 5.69 Å². The van der Waals surface area contributed by atoms with Gasteiger partial charge in [-0.05, 0) is 37.5 Å². The molecule has 2 N–H and O–H groups in total. The van der Waals surface area contributed by atoms with Crippen LogP contribution in [-0.2, 0) is 16.6 Å². The van der Waals surface area contributed by atoms with Crippen molar-refractivity contribution in [3.8, 4) is 6.07 Å². The summed E-state index contributed by atoms with van der Waals surface area (Å²) in [6, 6.07) is 9.02. The van der Waals surface area contributed by atoms with E-state index in [9.17, 15) is 8.42 Å². The van der Waals surface area contributed by atoms with E-state index in [4.69, 9.17) is 11.0 Å². The van der Waals surface area contributed by atoms with Gasteiger partial charge in [0.2, 0.25) is 10.0 Å². The molecule has 1 aromatic rings. The number of sulfonamides is 1. The Bertz CT molecular complexity index is 603. The van der Waals surface area contributed by atoms with E-state index >= 15 is 0 Å². The molecule has 0 bridgehead atoms. The van der Waals surface area contributed by atoms with Gasteiger partial charge in [-0.1, -0.05) is 12.1 Å². The lowest BCUT2D eigenvalue weighted by Crippen LogP contribution is -2.38. The van der Waals surface area contributed by atoms with Crippen LogP contribution in [0.15, 0.2) is 24.3 Å². The van der Waals surface area contributed by atoms with Crippen LogP contribution in [-0.4, -0.2) is 24.0 Å². The molecule has 19 heavy (non-hydrogen) atoms. The molecule has 1 fully saturated rings. The van der Waals surface area contributed by atoms with Crippen LogP contribution in [0.3, 0.4) is 0 Å². The summed E-state index contributed by atoms with van der Waals surface area (Å²) >= 11 is 0. The first kappa shape index (κ1) is 13.8. The molecule has 1 aromatic carbocycles. The number of nitrogens with two attached hydrogens (primary N) is 1. The number of rotatable bonds is 5. The molecular formula is C13H17N3O2S. The normalized spacial score (nSPS) is 17.1. The predicted octanol–water partition coefficient (Wildman–Crippen LogP) is 1.48. The largest absolute Gasteiger partial charge is 0.399 e. The third-order valence-corrected chi connectivity index (χ3v) is 5.28. The van der Waals surface area contributed by atoms with Gasteiger partial charge in [-0.25, -0.2) is 8.42 Å². The zero-order valence-electron chi connectivity index (χ0n) is 10.8. The molecule has 1 atom stereocenters. The van der Waals surface area contributed by atoms with E-state index in [1.807, 2.05) is 12.1 Å². The Labute approximate surface area is 113 Å². The average Bonchev–Trinajstić information content (AvgIpc) is 3.19. The Morgan fingerprint density at radius 1 is 1.53 bits per heavy atom. The monoisotopic (exact) mass is 279 g/mol. The van der Waals surface area contributed by atoms with Gasteiger partial charge in [0, 0.05) is 18.3 Å². The Morgan fingerprint density at radius 2 is 2.21 bits per heavy atom. The van der Waals surface area contributed by atoms with Gasteiger partial charge in [-0.3, -0.25) is 0 Å². The summed E-state index contributed by atoms with van der Waals surface area (Å²) in [6.07, 6.45) is 1.72. The standard InChI is InChI=1S/C13H17N3O2S/c1-10(8-14)19(17,18)16(13-5-6-13)9-11-3-2-4-12(15)7-11/h2-4,7,10,13H,5-6,9,15H2,1H3. The maximum absolute atomic E-state index is 12.3. The van der Waals surface area contributed by atoms with Crippen LogP contribution in [0.1, 0.15) is 25.3 Å². The summed E-state index contributed by atoms with van der Waals surface area (Å²) < 4.78 is 26.0. The topological polar surface area (TPSA) is 87.2 Å². The van der Waals surface area contributed by atoms with Gasteiger partial charge in [-0.2, -0.15) is 9.57 Å². The van der Waals surface area contributed by atoms with Crippen molar-refractivity contribution in [2.24, 2.45) is 0 Å². The first-order valence-corrected chi connectivity index (χ1v) is 7.70. The van der Waals surface area contributed by atoms with Crippen LogP contribution in [0.5, 0.6) is 0 Å². The number of anilines is 1. The fourth-order valence-electron chi connectivity index (χ4n) is 1.93. The molecule has 0 aliphatic heterocycles. The summed E-state index contributed by atoms with van der Waals surface area (Å²) in [5, 5.41) is 7.84. The first-order valence-electron chi connectivity index (χ1n) is 6.20. The van der Waals surface area contributed by atoms with Crippen molar-refractivity contribution in [3.05, 3.63) is 29.8 Å². The summed E-state index contributed by atoms with van der Waals surface area (Å²) in [7, 11) is -3.57. The Balaban J connectivity index is 2.25. The van der Waals surface area contributed by atoms with Crippen molar-refractivity contribution in [1.29, 1.82) is 5.26 Å². The first-order chi connectivity index (χ1) is 8.95. The molecule has 1 saturated carbocycles. The predicted molar refractivity (Wildman–Crippen MR) is 73.4 cm³/mol. The van der Waals surface area contributed by atoms with E-state index < -0.39 is 15.3 Å². The highest BCUT2D eigenvalue weighted by molar-refractivity contribution is 7.89. The molecule has 5 nitrogen and oxygen atoms in total. The Kier molecular flexibility index (Phi) is 3.78. The van der Waals surface area contributed by atoms with Crippen molar-refractivity contribution >= 4 is 15.7 Å². The van der Waals surface area contributed by atoms with Gasteiger partial charge in [0.05, 0.1) is 6.07 Å². The second kappa shape index (κ2) is 5.19. The van der Waals surface area contributed by atoms with E-state index in [0.717, 1.165) is 18.4 Å². The molecular weight excluding hydrogens is 262 g/mol. The van der Waals surface area contributed by atoms with E-state index in [1.54, 1.807) is 18.2 Å². The smallest absolute Gasteiger partial charge is 0.230 e. The molecule has 0 aromatic heterocycles. The van der Waals surface area contributed by atoms with Gasteiger partial charge >= 0.3 is 0 Å². The number of hydrogen-bond acceptors (Lipinski definition) is 4. The maximum atomic E-state index is 12.3. The fourth-order valence-corrected chi connectivity index (χ4v) is 3.43. The molecule has 1 aliphatic carbocycles. The minimum absolute atomic E-state index is 0.0298. The molecule has 0 amide bonds. The maximum Gasteiger partial charge on any atom is 0.230 e. The lowest BCUT2D eigenvalue weighted by molar-refractivity contribution is 0.396. The lowest BCUT2D eigenvalue weighted by atomic mass is 10.2. The van der Waals surface area contributed by atoms with Crippen LogP contribution >= 0.6 is 0 Å². The van der Waals surface area contributed by atoms with Crippen molar-refractivity contribution in [3.63, 3.8) is 0 Å². The molecule has 2 rings (SSSR count). The molecule has 0 radical (unpaired) electrons. The number of nitrogen functional groups attached to an aromatic ring is 1. The number of hydrogen-bond donors (Lipinski definition) is 1. The minimum atomic E-state index is -3.57. The van der Waals surface area contributed by atoms with E-state index in [-0.39, 0.29) is 12.6 Å². The molecule has 0 saturated heterocycles. The lowest BCUT2D eigenvalue weighted by Gasteiger charge is -2.23. The average molecular weight is 279 g/mol. The summed E-state index contributed by atoms with van der Waals surface area (Å²) in [4.78, 5) is 0. The number of nitrogens with zero attached hydrogens (tertiary/aromatic N) is 2. The van der Waals surface area contributed by atoms with Crippen molar-refractivity contribution < 1.29 is 8.42 Å². The van der Waals surface area contributed by atoms with Gasteiger partial charge in [-0.15, -0.1) is 0 Å². The van der Waals surface area contributed by atoms with E-state index in [2.05, 4.69) is 0 Å². The molecule has 0 heterocycles. The quantitative estimate of drug-likeness (QED) is 0.827. The third-order valence-electron chi connectivity index (χ3n) is 3.20. The summed E-state index contributed by atoms with van der Waals surface area (Å²) in [6.45, 7) is 1.70. The highest BCUT2D eigenvalue weighted by Crippen LogP contribution is 2.32. The van der Waals surface area contributed by atoms with Crippen LogP contribution in [0.25, 0.3) is 0 Å². The van der Waals surface area contributed by atoms with Crippen LogP contribution in [0, 0.1) is 11.3 Å². The second-order valence-electron chi connectivity index (χ2n) is 4.84. The fraction of sp³-hybridized carbons (Fsp3) is 0.462. The van der Waals surface area contributed by atoms with Crippen LogP contribution < -0.4 is 5.73 Å². The molecule has 6 heteroatoms. The van der Waals surface area contributed by atoms with Gasteiger partial charge in [0.15, 0.2) is 5.25 Å². The van der Waals surface area contributed by atoms with Gasteiger partial charge < -0.3 is 5.73 Å². The Hall–Kier alpha value is -1.58. The summed E-state index contributed by atoms with van der Waals surface area (Å²) in [5.41, 5.74) is 7.16. The van der Waals surface area contributed by atoms with Crippen molar-refractivity contribution in [2.45, 2.75) is 37.6 Å². The van der Waals surface area contributed by atoms with Crippen LogP contribution in [0.2, 0.25) is 0 Å². The highest BCUT2D eigenvalue weighted by Gasteiger charge is 2.39. The van der Waals surface area contributed by atoms with E-state index in [1.165, 1.54) is 11.2 Å². The minimum Gasteiger partial charge on any atom is -0.399 e. The van der Waals surface area contributed by atoms with Crippen LogP contribution in [0.4, 0.5) is 5.69 Å². The number of nitriles is 1. The number of benzene rings is 1. The van der Waals surface area contributed by atoms with Crippen molar-refractivity contribution in [2.75, 3.05) is 5.73 Å². The zero-order valence-corrected chi connectivity index (χ0v) is 11.6. The summed E-state index contributed by atoms with van der Waals surface area (Å²) in [5.74, 6) is 0. The molecule has 1 unspecified atom stereocenters. The Morgan fingerprint density at radius 3 is 2.74 bits per heavy atom. The zero-order chi connectivity index (χ0) is 14.0. The molecule has 102 valence electrons. The van der Waals surface area contributed by atoms with Gasteiger partial charge in [0.25, 0.3) is 0 Å². The highest BCUT2D eigenvalue weighted by atomic mass is 32.2. The second-order valence-corrected chi connectivity index (χ2v) is 7.04.